The number of nitrogens with one attached hydrogen (secondary N) is 1. The zero-order chi connectivity index (χ0) is 28.8. The van der Waals surface area contributed by atoms with E-state index in [1.54, 1.807) is 42.5 Å². The first-order valence-electron chi connectivity index (χ1n) is 13.4. The van der Waals surface area contributed by atoms with Gasteiger partial charge in [-0.25, -0.2) is 4.68 Å². The van der Waals surface area contributed by atoms with Crippen LogP contribution >= 0.6 is 0 Å². The molecule has 1 N–H and O–H groups in total. The summed E-state index contributed by atoms with van der Waals surface area (Å²) in [6.07, 6.45) is 1.69. The molecule has 1 aromatic heterocycles. The van der Waals surface area contributed by atoms with Crippen molar-refractivity contribution in [1.29, 1.82) is 0 Å². The van der Waals surface area contributed by atoms with Crippen molar-refractivity contribution >= 4 is 28.5 Å². The maximum absolute atomic E-state index is 14.4. The van der Waals surface area contributed by atoms with Gasteiger partial charge in [0.2, 0.25) is 11.8 Å². The van der Waals surface area contributed by atoms with E-state index in [0.29, 0.717) is 52.7 Å². The number of carbonyl (C=O) groups is 2. The minimum Gasteiger partial charge on any atom is -0.495 e. The number of ether oxygens (including phenoxy) is 4. The van der Waals surface area contributed by atoms with Gasteiger partial charge in [0.25, 0.3) is 0 Å². The number of hydrogen-bond acceptors (Lipinski definition) is 8. The molecule has 4 aromatic rings. The number of para-hydroxylation sites is 4. The normalized spacial score (nSPS) is 15.3. The van der Waals surface area contributed by atoms with Gasteiger partial charge in [0.1, 0.15) is 23.9 Å². The molecule has 0 spiro atoms. The molecule has 0 radical (unpaired) electrons. The van der Waals surface area contributed by atoms with Gasteiger partial charge in [-0.3, -0.25) is 14.5 Å². The van der Waals surface area contributed by atoms with Crippen LogP contribution in [-0.2, 0) is 20.9 Å². The number of anilines is 1. The number of methoxy groups -OCH3 is 3. The van der Waals surface area contributed by atoms with E-state index in [9.17, 15) is 9.59 Å². The molecule has 1 fully saturated rings. The van der Waals surface area contributed by atoms with Gasteiger partial charge in [0.15, 0.2) is 11.5 Å². The van der Waals surface area contributed by atoms with Crippen LogP contribution in [0, 0.1) is 0 Å². The fraction of sp³-hybridized carbons (Fsp3) is 0.333. The Morgan fingerprint density at radius 2 is 1.76 bits per heavy atom. The average molecular weight is 560 g/mol. The van der Waals surface area contributed by atoms with Gasteiger partial charge in [0.05, 0.1) is 38.6 Å². The van der Waals surface area contributed by atoms with Gasteiger partial charge < -0.3 is 24.3 Å². The summed E-state index contributed by atoms with van der Waals surface area (Å²) < 4.78 is 24.2. The van der Waals surface area contributed by atoms with E-state index >= 15 is 0 Å². The lowest BCUT2D eigenvalue weighted by molar-refractivity contribution is -0.127. The smallest absolute Gasteiger partial charge is 0.249 e. The summed E-state index contributed by atoms with van der Waals surface area (Å²) in [5, 5.41) is 11.4. The van der Waals surface area contributed by atoms with E-state index in [1.807, 2.05) is 24.3 Å². The van der Waals surface area contributed by atoms with Gasteiger partial charge in [-0.15, -0.1) is 5.10 Å². The molecule has 1 aliphatic rings. The summed E-state index contributed by atoms with van der Waals surface area (Å²) in [6, 6.07) is 18.5. The molecule has 0 aliphatic carbocycles. The van der Waals surface area contributed by atoms with Gasteiger partial charge >= 0.3 is 0 Å². The third-order valence-electron chi connectivity index (χ3n) is 7.08. The Morgan fingerprint density at radius 3 is 2.51 bits per heavy atom. The van der Waals surface area contributed by atoms with Gasteiger partial charge in [0, 0.05) is 18.7 Å². The number of carbonyl (C=O) groups excluding carboxylic acids is 2. The zero-order valence-electron chi connectivity index (χ0n) is 23.3. The Balaban J connectivity index is 1.63. The summed E-state index contributed by atoms with van der Waals surface area (Å²) in [5.74, 6) is 0.368. The monoisotopic (exact) mass is 559 g/mol. The fourth-order valence-corrected chi connectivity index (χ4v) is 5.13. The van der Waals surface area contributed by atoms with Crippen LogP contribution in [0.5, 0.6) is 17.2 Å². The third-order valence-corrected chi connectivity index (χ3v) is 7.08. The molecule has 0 saturated carbocycles. The molecule has 2 amide bonds. The van der Waals surface area contributed by atoms with E-state index in [4.69, 9.17) is 18.9 Å². The number of amides is 2. The molecule has 2 atom stereocenters. The summed E-state index contributed by atoms with van der Waals surface area (Å²) in [4.78, 5) is 30.0. The quantitative estimate of drug-likeness (QED) is 0.297. The van der Waals surface area contributed by atoms with Crippen LogP contribution in [0.3, 0.4) is 0 Å². The maximum atomic E-state index is 14.4. The van der Waals surface area contributed by atoms with Crippen LogP contribution in [0.15, 0.2) is 66.7 Å². The lowest BCUT2D eigenvalue weighted by Crippen LogP contribution is -2.47. The average Bonchev–Trinajstić information content (AvgIpc) is 3.68. The minimum atomic E-state index is -1.15. The van der Waals surface area contributed by atoms with Crippen molar-refractivity contribution in [2.24, 2.45) is 0 Å². The molecule has 2 unspecified atom stereocenters. The second-order valence-corrected chi connectivity index (χ2v) is 9.54. The number of aromatic nitrogens is 3. The topological polar surface area (TPSA) is 117 Å². The van der Waals surface area contributed by atoms with Crippen molar-refractivity contribution in [2.75, 3.05) is 39.4 Å². The van der Waals surface area contributed by atoms with Crippen molar-refractivity contribution in [3.8, 4) is 17.2 Å². The van der Waals surface area contributed by atoms with Gasteiger partial charge in [-0.2, -0.15) is 0 Å². The van der Waals surface area contributed by atoms with Crippen LogP contribution in [0.2, 0.25) is 0 Å². The van der Waals surface area contributed by atoms with E-state index in [-0.39, 0.29) is 12.6 Å². The van der Waals surface area contributed by atoms with E-state index in [1.165, 1.54) is 30.9 Å². The van der Waals surface area contributed by atoms with Crippen LogP contribution in [0.25, 0.3) is 11.0 Å². The molecule has 2 heterocycles. The molecule has 1 aliphatic heterocycles. The van der Waals surface area contributed by atoms with Gasteiger partial charge in [-0.05, 0) is 43.2 Å². The van der Waals surface area contributed by atoms with E-state index in [2.05, 4.69) is 15.6 Å². The Morgan fingerprint density at radius 1 is 1.00 bits per heavy atom. The number of benzene rings is 3. The molecule has 5 rings (SSSR count). The Labute approximate surface area is 237 Å². The standard InChI is InChI=1S/C30H33N5O6/c1-38-25-15-7-6-14-24(25)35(27(36)19-34-23-13-5-4-12-22(23)32-33-34)28(30(37)31-18-20-10-9-17-41-20)21-11-8-16-26(39-2)29(21)40-3/h4-8,11-16,20,28H,9-10,17-19H2,1-3H3,(H,31,37). The number of hydrogen-bond donors (Lipinski definition) is 1. The van der Waals surface area contributed by atoms with Crippen LogP contribution in [-0.4, -0.2) is 67.4 Å². The summed E-state index contributed by atoms with van der Waals surface area (Å²) >= 11 is 0. The van der Waals surface area contributed by atoms with Crippen LogP contribution in [0.4, 0.5) is 5.69 Å². The van der Waals surface area contributed by atoms with Crippen molar-refractivity contribution in [1.82, 2.24) is 20.3 Å². The van der Waals surface area contributed by atoms with Crippen LogP contribution < -0.4 is 24.4 Å². The second-order valence-electron chi connectivity index (χ2n) is 9.54. The number of nitrogens with zero attached hydrogens (tertiary/aromatic N) is 4. The maximum Gasteiger partial charge on any atom is 0.249 e. The Bertz CT molecular complexity index is 1520. The minimum absolute atomic E-state index is 0.0938. The van der Waals surface area contributed by atoms with Gasteiger partial charge in [-0.1, -0.05) is 41.6 Å². The highest BCUT2D eigenvalue weighted by Crippen LogP contribution is 2.41. The lowest BCUT2D eigenvalue weighted by atomic mass is 10.0. The Hall–Kier alpha value is -4.64. The number of rotatable bonds is 11. The molecule has 1 saturated heterocycles. The van der Waals surface area contributed by atoms with E-state index in [0.717, 1.165) is 12.8 Å². The predicted molar refractivity (Wildman–Crippen MR) is 152 cm³/mol. The fourth-order valence-electron chi connectivity index (χ4n) is 5.13. The molecule has 0 bridgehead atoms. The first-order chi connectivity index (χ1) is 20.0. The summed E-state index contributed by atoms with van der Waals surface area (Å²) in [5.41, 5.74) is 2.20. The highest BCUT2D eigenvalue weighted by molar-refractivity contribution is 6.03. The summed E-state index contributed by atoms with van der Waals surface area (Å²) in [6.45, 7) is 0.787. The van der Waals surface area contributed by atoms with Crippen molar-refractivity contribution in [3.05, 3.63) is 72.3 Å². The SMILES string of the molecule is COc1ccccc1N(C(=O)Cn1nnc2ccccc21)C(C(=O)NCC1CCCO1)c1cccc(OC)c1OC. The highest BCUT2D eigenvalue weighted by atomic mass is 16.5. The zero-order valence-corrected chi connectivity index (χ0v) is 23.3. The largest absolute Gasteiger partial charge is 0.495 e. The van der Waals surface area contributed by atoms with Crippen LogP contribution in [0.1, 0.15) is 24.4 Å². The van der Waals surface area contributed by atoms with E-state index < -0.39 is 17.9 Å². The number of fused-ring (bicyclic) bond motifs is 1. The Kier molecular flexibility index (Phi) is 8.64. The van der Waals surface area contributed by atoms with Crippen molar-refractivity contribution < 1.29 is 28.5 Å². The summed E-state index contributed by atoms with van der Waals surface area (Å²) in [7, 11) is 4.54. The lowest BCUT2D eigenvalue weighted by Gasteiger charge is -2.33. The molecule has 11 nitrogen and oxygen atoms in total. The highest BCUT2D eigenvalue weighted by Gasteiger charge is 2.37. The second kappa shape index (κ2) is 12.7. The third kappa shape index (κ3) is 5.80. The molecule has 11 heteroatoms. The van der Waals surface area contributed by atoms with Crippen molar-refractivity contribution in [3.63, 3.8) is 0 Å². The first kappa shape index (κ1) is 27.9. The molecular formula is C30H33N5O6. The van der Waals surface area contributed by atoms with Crippen molar-refractivity contribution in [2.45, 2.75) is 31.5 Å². The molecular weight excluding hydrogens is 526 g/mol. The molecule has 41 heavy (non-hydrogen) atoms. The molecule has 214 valence electrons. The molecule has 3 aromatic carbocycles. The first-order valence-corrected chi connectivity index (χ1v) is 13.4. The predicted octanol–water partition coefficient (Wildman–Crippen LogP) is 3.53.